The molecule has 0 fully saturated rings. The summed E-state index contributed by atoms with van der Waals surface area (Å²) in [4.78, 5) is 28.8. The van der Waals surface area contributed by atoms with E-state index in [9.17, 15) is 9.59 Å². The molecule has 0 aromatic heterocycles. The molecule has 0 spiro atoms. The second-order valence-electron chi connectivity index (χ2n) is 8.77. The topological polar surface area (TPSA) is 49.4 Å². The van der Waals surface area contributed by atoms with Gasteiger partial charge in [-0.15, -0.1) is 11.8 Å². The molecule has 0 heterocycles. The molecular formula is C25H33ClN2O2S. The Morgan fingerprint density at radius 2 is 1.74 bits per heavy atom. The number of benzene rings is 2. The van der Waals surface area contributed by atoms with Gasteiger partial charge in [0.05, 0.1) is 0 Å². The first kappa shape index (κ1) is 25.3. The molecule has 168 valence electrons. The van der Waals surface area contributed by atoms with Crippen LogP contribution in [0.15, 0.2) is 53.4 Å². The van der Waals surface area contributed by atoms with Crippen LogP contribution in [-0.4, -0.2) is 34.0 Å². The monoisotopic (exact) mass is 460 g/mol. The van der Waals surface area contributed by atoms with E-state index in [0.29, 0.717) is 18.0 Å². The lowest BCUT2D eigenvalue weighted by Crippen LogP contribution is -2.52. The lowest BCUT2D eigenvalue weighted by atomic mass is 10.1. The number of carbonyl (C=O) groups is 2. The largest absolute Gasteiger partial charge is 0.350 e. The van der Waals surface area contributed by atoms with E-state index in [0.717, 1.165) is 28.2 Å². The predicted octanol–water partition coefficient (Wildman–Crippen LogP) is 5.85. The smallest absolute Gasteiger partial charge is 0.242 e. The average molecular weight is 461 g/mol. The molecule has 2 aromatic rings. The molecular weight excluding hydrogens is 428 g/mol. The Labute approximate surface area is 195 Å². The lowest BCUT2D eigenvalue weighted by molar-refractivity contribution is -0.141. The highest BCUT2D eigenvalue weighted by molar-refractivity contribution is 7.99. The average Bonchev–Trinajstić information content (AvgIpc) is 2.70. The van der Waals surface area contributed by atoms with Crippen molar-refractivity contribution in [2.24, 2.45) is 0 Å². The van der Waals surface area contributed by atoms with Gasteiger partial charge in [0.15, 0.2) is 0 Å². The van der Waals surface area contributed by atoms with E-state index in [1.807, 2.05) is 76.2 Å². The van der Waals surface area contributed by atoms with E-state index in [1.54, 1.807) is 23.6 Å². The summed E-state index contributed by atoms with van der Waals surface area (Å²) in [6, 6.07) is 15.2. The maximum Gasteiger partial charge on any atom is 0.242 e. The zero-order chi connectivity index (χ0) is 23.0. The summed E-state index contributed by atoms with van der Waals surface area (Å²) in [5, 5.41) is 3.72. The van der Waals surface area contributed by atoms with E-state index in [4.69, 9.17) is 11.6 Å². The number of thioether (sulfide) groups is 1. The van der Waals surface area contributed by atoms with Crippen LogP contribution in [0.25, 0.3) is 0 Å². The SMILES string of the molecule is Cc1ccccc1CN(C(=O)CCCSc1ccc(Cl)cc1)[C@@H](C)C(=O)NC(C)(C)C. The third-order valence-corrected chi connectivity index (χ3v) is 6.24. The first-order valence-corrected chi connectivity index (χ1v) is 12.0. The first-order valence-electron chi connectivity index (χ1n) is 10.6. The summed E-state index contributed by atoms with van der Waals surface area (Å²) in [7, 11) is 0. The van der Waals surface area contributed by atoms with Crippen LogP contribution in [0, 0.1) is 6.92 Å². The summed E-state index contributed by atoms with van der Waals surface area (Å²) in [5.74, 6) is 0.690. The van der Waals surface area contributed by atoms with Crippen LogP contribution in [0.2, 0.25) is 5.02 Å². The second kappa shape index (κ2) is 11.6. The van der Waals surface area contributed by atoms with Crippen molar-refractivity contribution in [2.45, 2.75) is 70.5 Å². The Morgan fingerprint density at radius 1 is 1.10 bits per heavy atom. The molecule has 0 unspecified atom stereocenters. The van der Waals surface area contributed by atoms with E-state index < -0.39 is 6.04 Å². The predicted molar refractivity (Wildman–Crippen MR) is 130 cm³/mol. The molecule has 0 aliphatic rings. The highest BCUT2D eigenvalue weighted by Crippen LogP contribution is 2.22. The van der Waals surface area contributed by atoms with Gasteiger partial charge in [-0.25, -0.2) is 0 Å². The Morgan fingerprint density at radius 3 is 2.35 bits per heavy atom. The van der Waals surface area contributed by atoms with Crippen LogP contribution in [0.1, 0.15) is 51.7 Å². The molecule has 2 aromatic carbocycles. The van der Waals surface area contributed by atoms with Crippen molar-refractivity contribution in [3.8, 4) is 0 Å². The molecule has 0 aliphatic carbocycles. The van der Waals surface area contributed by atoms with E-state index >= 15 is 0 Å². The quantitative estimate of drug-likeness (QED) is 0.377. The summed E-state index contributed by atoms with van der Waals surface area (Å²) >= 11 is 7.63. The van der Waals surface area contributed by atoms with E-state index in [-0.39, 0.29) is 17.4 Å². The molecule has 0 saturated heterocycles. The Bertz CT molecular complexity index is 878. The standard InChI is InChI=1S/C25H33ClN2O2S/c1-18-9-6-7-10-20(18)17-28(19(2)24(30)27-25(3,4)5)23(29)11-8-16-31-22-14-12-21(26)13-15-22/h6-7,9-10,12-15,19H,8,11,16-17H2,1-5H3,(H,27,30)/t19-/m0/s1. The number of halogens is 1. The van der Waals surface area contributed by atoms with Gasteiger partial charge < -0.3 is 10.2 Å². The van der Waals surface area contributed by atoms with Crippen molar-refractivity contribution in [3.05, 3.63) is 64.7 Å². The molecule has 2 rings (SSSR count). The summed E-state index contributed by atoms with van der Waals surface area (Å²) in [5.41, 5.74) is 1.82. The number of nitrogens with one attached hydrogen (secondary N) is 1. The molecule has 0 aliphatic heterocycles. The van der Waals surface area contributed by atoms with Crippen LogP contribution in [0.5, 0.6) is 0 Å². The molecule has 4 nitrogen and oxygen atoms in total. The Balaban J connectivity index is 2.03. The molecule has 0 bridgehead atoms. The number of hydrogen-bond acceptors (Lipinski definition) is 3. The zero-order valence-corrected chi connectivity index (χ0v) is 20.6. The summed E-state index contributed by atoms with van der Waals surface area (Å²) < 4.78 is 0. The van der Waals surface area contributed by atoms with Gasteiger partial charge in [-0.05, 0) is 82.2 Å². The summed E-state index contributed by atoms with van der Waals surface area (Å²) in [6.45, 7) is 10.1. The number of rotatable bonds is 9. The Hall–Kier alpha value is -1.98. The highest BCUT2D eigenvalue weighted by atomic mass is 35.5. The lowest BCUT2D eigenvalue weighted by Gasteiger charge is -2.32. The van der Waals surface area contributed by atoms with Crippen molar-refractivity contribution in [2.75, 3.05) is 5.75 Å². The minimum Gasteiger partial charge on any atom is -0.350 e. The second-order valence-corrected chi connectivity index (χ2v) is 10.4. The number of carbonyl (C=O) groups excluding carboxylic acids is 2. The van der Waals surface area contributed by atoms with Crippen molar-refractivity contribution in [3.63, 3.8) is 0 Å². The number of hydrogen-bond donors (Lipinski definition) is 1. The minimum atomic E-state index is -0.546. The maximum atomic E-state index is 13.1. The van der Waals surface area contributed by atoms with Crippen molar-refractivity contribution in [1.29, 1.82) is 0 Å². The third-order valence-electron chi connectivity index (χ3n) is 4.88. The van der Waals surface area contributed by atoms with Crippen molar-refractivity contribution in [1.82, 2.24) is 10.2 Å². The van der Waals surface area contributed by atoms with Gasteiger partial charge in [0.1, 0.15) is 6.04 Å². The van der Waals surface area contributed by atoms with Crippen molar-refractivity contribution < 1.29 is 9.59 Å². The van der Waals surface area contributed by atoms with Gasteiger partial charge in [0, 0.05) is 28.4 Å². The normalized spacial score (nSPS) is 12.3. The van der Waals surface area contributed by atoms with E-state index in [2.05, 4.69) is 5.32 Å². The molecule has 1 atom stereocenters. The van der Waals surface area contributed by atoms with Crippen LogP contribution in [-0.2, 0) is 16.1 Å². The first-order chi connectivity index (χ1) is 14.6. The fraction of sp³-hybridized carbons (Fsp3) is 0.440. The fourth-order valence-electron chi connectivity index (χ4n) is 3.12. The summed E-state index contributed by atoms with van der Waals surface area (Å²) in [6.07, 6.45) is 1.14. The van der Waals surface area contributed by atoms with Crippen molar-refractivity contribution >= 4 is 35.2 Å². The van der Waals surface area contributed by atoms with Crippen LogP contribution < -0.4 is 5.32 Å². The van der Waals surface area contributed by atoms with Crippen LogP contribution >= 0.6 is 23.4 Å². The molecule has 1 N–H and O–H groups in total. The minimum absolute atomic E-state index is 0.00322. The van der Waals surface area contributed by atoms with Gasteiger partial charge in [0.2, 0.25) is 11.8 Å². The van der Waals surface area contributed by atoms with Gasteiger partial charge in [-0.1, -0.05) is 35.9 Å². The maximum absolute atomic E-state index is 13.1. The third kappa shape index (κ3) is 8.58. The van der Waals surface area contributed by atoms with Crippen LogP contribution in [0.4, 0.5) is 0 Å². The fourth-order valence-corrected chi connectivity index (χ4v) is 4.09. The number of aryl methyl sites for hydroxylation is 1. The molecule has 6 heteroatoms. The Kier molecular flexibility index (Phi) is 9.45. The van der Waals surface area contributed by atoms with Gasteiger partial charge >= 0.3 is 0 Å². The number of amides is 2. The van der Waals surface area contributed by atoms with Gasteiger partial charge in [-0.3, -0.25) is 9.59 Å². The number of nitrogens with zero attached hydrogens (tertiary/aromatic N) is 1. The molecule has 0 radical (unpaired) electrons. The molecule has 0 saturated carbocycles. The molecule has 31 heavy (non-hydrogen) atoms. The van der Waals surface area contributed by atoms with Gasteiger partial charge in [-0.2, -0.15) is 0 Å². The zero-order valence-electron chi connectivity index (χ0n) is 19.1. The van der Waals surface area contributed by atoms with E-state index in [1.165, 1.54) is 0 Å². The molecule has 2 amide bonds. The highest BCUT2D eigenvalue weighted by Gasteiger charge is 2.28. The van der Waals surface area contributed by atoms with Crippen LogP contribution in [0.3, 0.4) is 0 Å². The van der Waals surface area contributed by atoms with Gasteiger partial charge in [0.25, 0.3) is 0 Å².